The van der Waals surface area contributed by atoms with E-state index in [2.05, 4.69) is 10.6 Å². The van der Waals surface area contributed by atoms with Crippen LogP contribution in [0.1, 0.15) is 27.0 Å². The number of H-pyrrole nitrogens is 1. The number of halogens is 1. The fourth-order valence-electron chi connectivity index (χ4n) is 2.95. The van der Waals surface area contributed by atoms with Gasteiger partial charge in [0.25, 0.3) is 5.56 Å². The van der Waals surface area contributed by atoms with Crippen LogP contribution in [0.15, 0.2) is 34.1 Å². The number of carbonyl (C=O) groups is 1. The van der Waals surface area contributed by atoms with E-state index in [1.165, 1.54) is 30.1 Å². The molecule has 0 saturated heterocycles. The number of benzene rings is 1. The lowest BCUT2D eigenvalue weighted by molar-refractivity contribution is 0.0643. The molecule has 0 amide bonds. The first-order valence-corrected chi connectivity index (χ1v) is 10.4. The van der Waals surface area contributed by atoms with E-state index in [9.17, 15) is 18.0 Å². The average molecular weight is 412 g/mol. The van der Waals surface area contributed by atoms with Crippen LogP contribution in [0, 0.1) is 6.92 Å². The molecule has 2 aromatic rings. The summed E-state index contributed by atoms with van der Waals surface area (Å²) in [4.78, 5) is 30.3. The van der Waals surface area contributed by atoms with Crippen molar-refractivity contribution in [1.29, 1.82) is 0 Å². The third kappa shape index (κ3) is 3.45. The number of hydroxylamine groups is 1. The molecule has 27 heavy (non-hydrogen) atoms. The lowest BCUT2D eigenvalue weighted by Crippen LogP contribution is -2.21. The van der Waals surface area contributed by atoms with E-state index >= 15 is 0 Å². The van der Waals surface area contributed by atoms with E-state index in [0.717, 1.165) is 6.26 Å². The van der Waals surface area contributed by atoms with Crippen molar-refractivity contribution in [2.45, 2.75) is 17.9 Å². The number of carbonyl (C=O) groups excluding carboxylic acids is 1. The van der Waals surface area contributed by atoms with Crippen molar-refractivity contribution in [2.75, 3.05) is 12.1 Å². The first kappa shape index (κ1) is 19.4. The van der Waals surface area contributed by atoms with E-state index in [0.29, 0.717) is 16.8 Å². The Bertz CT molecular complexity index is 1110. The van der Waals surface area contributed by atoms with E-state index in [1.807, 2.05) is 0 Å². The maximum absolute atomic E-state index is 12.9. The quantitative estimate of drug-likeness (QED) is 0.564. The van der Waals surface area contributed by atoms with Gasteiger partial charge in [-0.3, -0.25) is 24.6 Å². The molecule has 1 aromatic carbocycles. The molecule has 1 atom stereocenters. The summed E-state index contributed by atoms with van der Waals surface area (Å²) in [5.41, 5.74) is 3.57. The molecule has 1 aliphatic rings. The molecule has 2 heterocycles. The normalized spacial score (nSPS) is 16.9. The molecule has 1 unspecified atom stereocenters. The zero-order chi connectivity index (χ0) is 19.9. The lowest BCUT2D eigenvalue weighted by atomic mass is 9.95. The second kappa shape index (κ2) is 6.99. The van der Waals surface area contributed by atoms with Crippen LogP contribution in [0.5, 0.6) is 0 Å². The fraction of sp³-hybridized carbons (Fsp3) is 0.294. The average Bonchev–Trinajstić information content (AvgIpc) is 3.20. The van der Waals surface area contributed by atoms with Crippen LogP contribution in [0.25, 0.3) is 5.70 Å². The summed E-state index contributed by atoms with van der Waals surface area (Å²) in [5.74, 6) is -0.314. The number of aromatic amines is 1. The summed E-state index contributed by atoms with van der Waals surface area (Å²) in [6.07, 6.45) is 3.65. The standard InChI is InChI=1S/C17H18ClN3O5S/c1-9-11(16(22)12-8-19-21(2)17(12)23)4-5-14(27(3,24)25)15(9)13-6-10(7-18)26-20-13/h4-6,8,10,19-20H,7H2,1-3H3. The summed E-state index contributed by atoms with van der Waals surface area (Å²) in [7, 11) is -2.08. The predicted octanol–water partition coefficient (Wildman–Crippen LogP) is 1.14. The van der Waals surface area contributed by atoms with Gasteiger partial charge in [-0.05, 0) is 30.7 Å². The molecule has 0 spiro atoms. The number of hydrogen-bond donors (Lipinski definition) is 2. The molecule has 8 nitrogen and oxygen atoms in total. The number of hydrogen-bond acceptors (Lipinski definition) is 6. The van der Waals surface area contributed by atoms with Gasteiger partial charge in [0.2, 0.25) is 0 Å². The summed E-state index contributed by atoms with van der Waals surface area (Å²) >= 11 is 5.79. The van der Waals surface area contributed by atoms with Gasteiger partial charge in [-0.2, -0.15) is 0 Å². The number of ketones is 1. The van der Waals surface area contributed by atoms with Crippen molar-refractivity contribution in [3.05, 3.63) is 57.0 Å². The molecule has 0 radical (unpaired) electrons. The Morgan fingerprint density at radius 1 is 1.33 bits per heavy atom. The molecule has 3 rings (SSSR count). The van der Waals surface area contributed by atoms with Crippen molar-refractivity contribution >= 4 is 32.9 Å². The minimum atomic E-state index is -3.58. The molecule has 0 saturated carbocycles. The van der Waals surface area contributed by atoms with E-state index in [1.54, 1.807) is 13.0 Å². The Morgan fingerprint density at radius 2 is 2.04 bits per heavy atom. The number of sulfone groups is 1. The Kier molecular flexibility index (Phi) is 5.02. The summed E-state index contributed by atoms with van der Waals surface area (Å²) in [6, 6.07) is 2.78. The molecule has 0 fully saturated rings. The smallest absolute Gasteiger partial charge is 0.277 e. The van der Waals surface area contributed by atoms with Crippen LogP contribution in [0.2, 0.25) is 0 Å². The second-order valence-electron chi connectivity index (χ2n) is 6.26. The highest BCUT2D eigenvalue weighted by Gasteiger charge is 2.27. The van der Waals surface area contributed by atoms with Gasteiger partial charge >= 0.3 is 0 Å². The van der Waals surface area contributed by atoms with Gasteiger partial charge in [0.15, 0.2) is 15.6 Å². The molecule has 0 aliphatic carbocycles. The monoisotopic (exact) mass is 411 g/mol. The zero-order valence-corrected chi connectivity index (χ0v) is 16.4. The topological polar surface area (TPSA) is 110 Å². The van der Waals surface area contributed by atoms with Crippen LogP contribution < -0.4 is 11.0 Å². The van der Waals surface area contributed by atoms with Crippen molar-refractivity contribution < 1.29 is 18.0 Å². The van der Waals surface area contributed by atoms with Crippen LogP contribution in [0.4, 0.5) is 0 Å². The maximum atomic E-state index is 12.9. The van der Waals surface area contributed by atoms with E-state index in [-0.39, 0.29) is 21.9 Å². The third-order valence-corrected chi connectivity index (χ3v) is 5.79. The number of nitrogens with one attached hydrogen (secondary N) is 2. The Balaban J connectivity index is 2.22. The molecule has 10 heteroatoms. The first-order valence-electron chi connectivity index (χ1n) is 7.97. The number of aryl methyl sites for hydroxylation is 1. The van der Waals surface area contributed by atoms with Gasteiger partial charge in [-0.1, -0.05) is 0 Å². The van der Waals surface area contributed by atoms with E-state index in [4.69, 9.17) is 16.4 Å². The molecule has 1 aliphatic heterocycles. The summed E-state index contributed by atoms with van der Waals surface area (Å²) in [6.45, 7) is 1.63. The van der Waals surface area contributed by atoms with Crippen molar-refractivity contribution in [1.82, 2.24) is 15.3 Å². The van der Waals surface area contributed by atoms with Gasteiger partial charge in [0.1, 0.15) is 11.7 Å². The van der Waals surface area contributed by atoms with Gasteiger partial charge in [-0.15, -0.1) is 11.6 Å². The van der Waals surface area contributed by atoms with Gasteiger partial charge < -0.3 is 5.10 Å². The summed E-state index contributed by atoms with van der Waals surface area (Å²) < 4.78 is 25.7. The largest absolute Gasteiger partial charge is 0.302 e. The zero-order valence-electron chi connectivity index (χ0n) is 14.9. The lowest BCUT2D eigenvalue weighted by Gasteiger charge is -2.15. The Morgan fingerprint density at radius 3 is 2.56 bits per heavy atom. The number of aromatic nitrogens is 2. The fourth-order valence-corrected chi connectivity index (χ4v) is 4.05. The van der Waals surface area contributed by atoms with Gasteiger partial charge in [-0.25, -0.2) is 8.42 Å². The highest BCUT2D eigenvalue weighted by Crippen LogP contribution is 2.31. The van der Waals surface area contributed by atoms with Crippen LogP contribution in [0.3, 0.4) is 0 Å². The van der Waals surface area contributed by atoms with Gasteiger partial charge in [0.05, 0.1) is 16.5 Å². The molecule has 1 aromatic heterocycles. The first-order chi connectivity index (χ1) is 12.6. The molecule has 144 valence electrons. The molecular formula is C17H18ClN3O5S. The van der Waals surface area contributed by atoms with Gasteiger partial charge in [0, 0.05) is 30.6 Å². The third-order valence-electron chi connectivity index (χ3n) is 4.35. The van der Waals surface area contributed by atoms with Crippen molar-refractivity contribution in [2.24, 2.45) is 7.05 Å². The number of alkyl halides is 1. The Hall–Kier alpha value is -2.36. The predicted molar refractivity (Wildman–Crippen MR) is 100 cm³/mol. The van der Waals surface area contributed by atoms with Crippen LogP contribution in [-0.4, -0.2) is 42.2 Å². The number of rotatable bonds is 5. The second-order valence-corrected chi connectivity index (χ2v) is 8.55. The highest BCUT2D eigenvalue weighted by molar-refractivity contribution is 7.90. The molecule has 2 N–H and O–H groups in total. The highest BCUT2D eigenvalue weighted by atomic mass is 35.5. The molecule has 0 bridgehead atoms. The molecular weight excluding hydrogens is 394 g/mol. The van der Waals surface area contributed by atoms with Crippen LogP contribution >= 0.6 is 11.6 Å². The SMILES string of the molecule is Cc1c(C(=O)c2c[nH]n(C)c2=O)ccc(S(C)(=O)=O)c1C1=CC(CCl)ON1. The van der Waals surface area contributed by atoms with Crippen molar-refractivity contribution in [3.63, 3.8) is 0 Å². The van der Waals surface area contributed by atoms with E-state index < -0.39 is 27.3 Å². The minimum Gasteiger partial charge on any atom is -0.302 e. The Labute approximate surface area is 160 Å². The minimum absolute atomic E-state index is 0.0260. The number of nitrogens with zero attached hydrogens (tertiary/aromatic N) is 1. The van der Waals surface area contributed by atoms with Crippen molar-refractivity contribution in [3.8, 4) is 0 Å². The maximum Gasteiger partial charge on any atom is 0.277 e. The van der Waals surface area contributed by atoms with Crippen LogP contribution in [-0.2, 0) is 21.7 Å². The summed E-state index contributed by atoms with van der Waals surface area (Å²) in [5, 5.41) is 2.65.